The summed E-state index contributed by atoms with van der Waals surface area (Å²) >= 11 is 3.34. The lowest BCUT2D eigenvalue weighted by molar-refractivity contribution is -0.385. The number of nitrogens with zero attached hydrogens (tertiary/aromatic N) is 4. The minimum atomic E-state index is -0.392. The summed E-state index contributed by atoms with van der Waals surface area (Å²) in [6, 6.07) is 4.87. The molecule has 7 heteroatoms. The van der Waals surface area contributed by atoms with E-state index in [2.05, 4.69) is 26.2 Å². The summed E-state index contributed by atoms with van der Waals surface area (Å²) in [7, 11) is 0. The third kappa shape index (κ3) is 2.56. The summed E-state index contributed by atoms with van der Waals surface area (Å²) in [4.78, 5) is 10.3. The van der Waals surface area contributed by atoms with Crippen LogP contribution in [-0.2, 0) is 6.42 Å². The van der Waals surface area contributed by atoms with Gasteiger partial charge in [-0.15, -0.1) is 5.10 Å². The summed E-state index contributed by atoms with van der Waals surface area (Å²) in [6.45, 7) is 1.71. The summed E-state index contributed by atoms with van der Waals surface area (Å²) < 4.78 is 1.62. The van der Waals surface area contributed by atoms with Crippen LogP contribution in [0, 0.1) is 17.0 Å². The van der Waals surface area contributed by atoms with Crippen LogP contribution >= 0.6 is 15.9 Å². The van der Waals surface area contributed by atoms with Gasteiger partial charge in [-0.2, -0.15) is 0 Å². The minimum Gasteiger partial charge on any atom is -0.258 e. The fraction of sp³-hybridized carbons (Fsp3) is 0.273. The van der Waals surface area contributed by atoms with Crippen molar-refractivity contribution in [3.8, 4) is 5.69 Å². The van der Waals surface area contributed by atoms with Gasteiger partial charge in [-0.25, -0.2) is 4.68 Å². The van der Waals surface area contributed by atoms with E-state index in [1.165, 1.54) is 6.07 Å². The highest BCUT2D eigenvalue weighted by Crippen LogP contribution is 2.20. The van der Waals surface area contributed by atoms with Crippen molar-refractivity contribution >= 4 is 21.6 Å². The number of benzene rings is 1. The zero-order valence-electron chi connectivity index (χ0n) is 9.71. The van der Waals surface area contributed by atoms with Crippen molar-refractivity contribution in [3.63, 3.8) is 0 Å². The molecule has 2 rings (SSSR count). The van der Waals surface area contributed by atoms with Gasteiger partial charge in [-0.3, -0.25) is 10.1 Å². The molecule has 0 fully saturated rings. The number of halogens is 1. The molecule has 94 valence electrons. The van der Waals surface area contributed by atoms with Gasteiger partial charge in [-0.05, 0) is 19.1 Å². The van der Waals surface area contributed by atoms with Crippen LogP contribution < -0.4 is 0 Å². The molecule has 0 amide bonds. The van der Waals surface area contributed by atoms with Crippen molar-refractivity contribution in [3.05, 3.63) is 45.8 Å². The topological polar surface area (TPSA) is 73.8 Å². The molecule has 0 spiro atoms. The molecular weight excluding hydrogens is 300 g/mol. The molecule has 0 saturated carbocycles. The molecule has 0 unspecified atom stereocenters. The first-order chi connectivity index (χ1) is 8.61. The SMILES string of the molecule is Cc1cc(-n2cc(CCBr)nn2)ccc1[N+](=O)[O-]. The Hall–Kier alpha value is -1.76. The number of rotatable bonds is 4. The first-order valence-electron chi connectivity index (χ1n) is 5.34. The van der Waals surface area contributed by atoms with Gasteiger partial charge >= 0.3 is 0 Å². The van der Waals surface area contributed by atoms with Gasteiger partial charge in [-0.1, -0.05) is 21.1 Å². The summed E-state index contributed by atoms with van der Waals surface area (Å²) in [5.41, 5.74) is 2.36. The molecule has 0 N–H and O–H groups in total. The zero-order chi connectivity index (χ0) is 13.1. The van der Waals surface area contributed by atoms with Crippen molar-refractivity contribution < 1.29 is 4.92 Å². The van der Waals surface area contributed by atoms with Crippen molar-refractivity contribution in [1.29, 1.82) is 0 Å². The average Bonchev–Trinajstić information content (AvgIpc) is 2.77. The number of hydrogen-bond acceptors (Lipinski definition) is 4. The molecule has 0 radical (unpaired) electrons. The van der Waals surface area contributed by atoms with Crippen molar-refractivity contribution in [2.45, 2.75) is 13.3 Å². The summed E-state index contributed by atoms with van der Waals surface area (Å²) in [5, 5.41) is 19.6. The Balaban J connectivity index is 2.33. The standard InChI is InChI=1S/C11H11BrN4O2/c1-8-6-10(2-3-11(8)16(17)18)15-7-9(4-5-12)13-14-15/h2-3,6-7H,4-5H2,1H3. The van der Waals surface area contributed by atoms with Crippen LogP contribution in [0.3, 0.4) is 0 Å². The van der Waals surface area contributed by atoms with Gasteiger partial charge < -0.3 is 0 Å². The predicted octanol–water partition coefficient (Wildman–Crippen LogP) is 2.42. The van der Waals surface area contributed by atoms with Gasteiger partial charge in [0.25, 0.3) is 5.69 Å². The average molecular weight is 311 g/mol. The molecule has 0 saturated heterocycles. The third-order valence-corrected chi connectivity index (χ3v) is 2.93. The van der Waals surface area contributed by atoms with Gasteiger partial charge in [0.2, 0.25) is 0 Å². The lowest BCUT2D eigenvalue weighted by atomic mass is 10.2. The fourth-order valence-corrected chi connectivity index (χ4v) is 2.03. The molecule has 1 aromatic carbocycles. The number of aromatic nitrogens is 3. The van der Waals surface area contributed by atoms with Crippen LogP contribution in [-0.4, -0.2) is 25.2 Å². The van der Waals surface area contributed by atoms with E-state index in [0.29, 0.717) is 5.56 Å². The number of hydrogen-bond donors (Lipinski definition) is 0. The Morgan fingerprint density at radius 1 is 1.50 bits per heavy atom. The first kappa shape index (κ1) is 12.7. The van der Waals surface area contributed by atoms with Crippen molar-refractivity contribution in [2.24, 2.45) is 0 Å². The van der Waals surface area contributed by atoms with E-state index < -0.39 is 4.92 Å². The van der Waals surface area contributed by atoms with Crippen molar-refractivity contribution in [2.75, 3.05) is 5.33 Å². The number of aryl methyl sites for hydroxylation is 2. The summed E-state index contributed by atoms with van der Waals surface area (Å²) in [5.74, 6) is 0. The quantitative estimate of drug-likeness (QED) is 0.494. The van der Waals surface area contributed by atoms with Crippen molar-refractivity contribution in [1.82, 2.24) is 15.0 Å². The second kappa shape index (κ2) is 5.26. The Bertz CT molecular complexity index is 582. The normalized spacial score (nSPS) is 10.6. The first-order valence-corrected chi connectivity index (χ1v) is 6.46. The van der Waals surface area contributed by atoms with Crippen LogP contribution in [0.25, 0.3) is 5.69 Å². The van der Waals surface area contributed by atoms with Gasteiger partial charge in [0.15, 0.2) is 0 Å². The van der Waals surface area contributed by atoms with Gasteiger partial charge in [0.05, 0.1) is 22.5 Å². The highest BCUT2D eigenvalue weighted by molar-refractivity contribution is 9.09. The Morgan fingerprint density at radius 2 is 2.28 bits per heavy atom. The van der Waals surface area contributed by atoms with E-state index in [-0.39, 0.29) is 5.69 Å². The molecule has 0 bridgehead atoms. The zero-order valence-corrected chi connectivity index (χ0v) is 11.3. The maximum Gasteiger partial charge on any atom is 0.272 e. The Labute approximate surface area is 112 Å². The highest BCUT2D eigenvalue weighted by Gasteiger charge is 2.11. The van der Waals surface area contributed by atoms with Crippen LogP contribution in [0.2, 0.25) is 0 Å². The maximum absolute atomic E-state index is 10.7. The smallest absolute Gasteiger partial charge is 0.258 e. The largest absolute Gasteiger partial charge is 0.272 e. The maximum atomic E-state index is 10.7. The molecule has 0 aliphatic carbocycles. The van der Waals surface area contributed by atoms with Gasteiger partial charge in [0, 0.05) is 23.4 Å². The van der Waals surface area contributed by atoms with E-state index >= 15 is 0 Å². The molecular formula is C11H11BrN4O2. The summed E-state index contributed by atoms with van der Waals surface area (Å²) in [6.07, 6.45) is 2.62. The molecule has 18 heavy (non-hydrogen) atoms. The van der Waals surface area contributed by atoms with E-state index in [9.17, 15) is 10.1 Å². The number of nitro groups is 1. The monoisotopic (exact) mass is 310 g/mol. The van der Waals surface area contributed by atoms with E-state index in [0.717, 1.165) is 23.1 Å². The predicted molar refractivity (Wildman–Crippen MR) is 70.2 cm³/mol. The van der Waals surface area contributed by atoms with Crippen LogP contribution in [0.1, 0.15) is 11.3 Å². The molecule has 2 aromatic rings. The van der Waals surface area contributed by atoms with Gasteiger partial charge in [0.1, 0.15) is 0 Å². The number of nitro benzene ring substituents is 1. The van der Waals surface area contributed by atoms with Crippen LogP contribution in [0.4, 0.5) is 5.69 Å². The lowest BCUT2D eigenvalue weighted by Crippen LogP contribution is -1.98. The lowest BCUT2D eigenvalue weighted by Gasteiger charge is -2.02. The molecule has 0 aliphatic heterocycles. The molecule has 1 aromatic heterocycles. The highest BCUT2D eigenvalue weighted by atomic mass is 79.9. The van der Waals surface area contributed by atoms with E-state index in [4.69, 9.17) is 0 Å². The van der Waals surface area contributed by atoms with E-state index in [1.807, 2.05) is 6.20 Å². The molecule has 6 nitrogen and oxygen atoms in total. The molecule has 1 heterocycles. The van der Waals surface area contributed by atoms with E-state index in [1.54, 1.807) is 23.7 Å². The fourth-order valence-electron chi connectivity index (χ4n) is 1.62. The molecule has 0 atom stereocenters. The second-order valence-electron chi connectivity index (χ2n) is 3.82. The van der Waals surface area contributed by atoms with Crippen LogP contribution in [0.5, 0.6) is 0 Å². The molecule has 0 aliphatic rings. The minimum absolute atomic E-state index is 0.111. The Morgan fingerprint density at radius 3 is 2.89 bits per heavy atom. The Kier molecular flexibility index (Phi) is 3.71. The third-order valence-electron chi connectivity index (χ3n) is 2.53. The second-order valence-corrected chi connectivity index (χ2v) is 4.61. The number of alkyl halides is 1. The van der Waals surface area contributed by atoms with Crippen LogP contribution in [0.15, 0.2) is 24.4 Å².